The lowest BCUT2D eigenvalue weighted by atomic mass is 9.79. The molecule has 0 unspecified atom stereocenters. The van der Waals surface area contributed by atoms with E-state index in [-0.39, 0.29) is 29.8 Å². The molecule has 158 valence electrons. The second-order valence-electron chi connectivity index (χ2n) is 7.02. The summed E-state index contributed by atoms with van der Waals surface area (Å²) in [5.41, 5.74) is 2.36. The Morgan fingerprint density at radius 3 is 2.10 bits per heavy atom. The number of hydrogen-bond acceptors (Lipinski definition) is 7. The molecule has 1 aliphatic rings. The van der Waals surface area contributed by atoms with Crippen LogP contribution >= 0.6 is 0 Å². The maximum Gasteiger partial charge on any atom is 0.336 e. The van der Waals surface area contributed by atoms with E-state index in [9.17, 15) is 14.4 Å². The number of nitrogens with one attached hydrogen (secondary N) is 1. The van der Waals surface area contributed by atoms with Crippen molar-refractivity contribution in [2.75, 3.05) is 13.2 Å². The van der Waals surface area contributed by atoms with Crippen LogP contribution in [0.2, 0.25) is 0 Å². The van der Waals surface area contributed by atoms with Gasteiger partial charge in [0.05, 0.1) is 35.7 Å². The van der Waals surface area contributed by atoms with Gasteiger partial charge in [0.1, 0.15) is 11.3 Å². The summed E-state index contributed by atoms with van der Waals surface area (Å²) in [6.45, 7) is 8.97. The molecule has 0 atom stereocenters. The number of hydrogen-bond donors (Lipinski definition) is 1. The molecule has 1 N–H and O–H groups in total. The minimum atomic E-state index is -0.807. The Labute approximate surface area is 174 Å². The fraction of sp³-hybridized carbons (Fsp3) is 0.348. The molecule has 0 amide bonds. The van der Waals surface area contributed by atoms with Gasteiger partial charge in [-0.1, -0.05) is 12.1 Å². The Bertz CT molecular complexity index is 1100. The van der Waals surface area contributed by atoms with Crippen molar-refractivity contribution in [3.63, 3.8) is 0 Å². The van der Waals surface area contributed by atoms with Gasteiger partial charge < -0.3 is 19.2 Å². The third-order valence-electron chi connectivity index (χ3n) is 4.97. The Kier molecular flexibility index (Phi) is 6.10. The normalized spacial score (nSPS) is 14.7. The molecule has 0 saturated carbocycles. The van der Waals surface area contributed by atoms with Crippen LogP contribution in [-0.4, -0.2) is 25.2 Å². The summed E-state index contributed by atoms with van der Waals surface area (Å²) in [5, 5.41) is 3.47. The number of carbonyl (C=O) groups excluding carboxylic acids is 2. The van der Waals surface area contributed by atoms with Crippen molar-refractivity contribution in [1.29, 1.82) is 0 Å². The Morgan fingerprint density at radius 2 is 1.57 bits per heavy atom. The minimum absolute atomic E-state index is 0.184. The number of rotatable bonds is 5. The van der Waals surface area contributed by atoms with Gasteiger partial charge in [0.2, 0.25) is 0 Å². The molecule has 7 heteroatoms. The Balaban J connectivity index is 2.36. The van der Waals surface area contributed by atoms with Crippen LogP contribution in [0.5, 0.6) is 0 Å². The smallest absolute Gasteiger partial charge is 0.336 e. The number of esters is 2. The first-order chi connectivity index (χ1) is 14.3. The fourth-order valence-corrected chi connectivity index (χ4v) is 3.81. The minimum Gasteiger partial charge on any atom is -0.463 e. The van der Waals surface area contributed by atoms with Crippen LogP contribution in [0, 0.1) is 6.92 Å². The van der Waals surface area contributed by atoms with Crippen LogP contribution < -0.4 is 10.7 Å². The third kappa shape index (κ3) is 3.75. The standard InChI is InChI=1S/C23H25NO6/c1-6-28-22(26)18-13(4)24-14(5)19(23(27)29-7-2)20(18)16-10-8-9-15-17(25)11-12(3)30-21(15)16/h8-11,20,24H,6-7H2,1-5H3. The molecular formula is C23H25NO6. The van der Waals surface area contributed by atoms with Crippen molar-refractivity contribution in [2.24, 2.45) is 0 Å². The molecule has 1 aromatic heterocycles. The first-order valence-electron chi connectivity index (χ1n) is 9.86. The molecule has 0 saturated heterocycles. The van der Waals surface area contributed by atoms with E-state index >= 15 is 0 Å². The van der Waals surface area contributed by atoms with Gasteiger partial charge in [-0.05, 0) is 40.7 Å². The number of benzene rings is 1. The molecule has 0 radical (unpaired) electrons. The van der Waals surface area contributed by atoms with E-state index < -0.39 is 17.9 Å². The predicted molar refractivity (Wildman–Crippen MR) is 112 cm³/mol. The maximum absolute atomic E-state index is 12.9. The second-order valence-corrected chi connectivity index (χ2v) is 7.02. The van der Waals surface area contributed by atoms with Crippen molar-refractivity contribution >= 4 is 22.9 Å². The highest BCUT2D eigenvalue weighted by Crippen LogP contribution is 2.41. The summed E-state index contributed by atoms with van der Waals surface area (Å²) in [6, 6.07) is 6.53. The highest BCUT2D eigenvalue weighted by molar-refractivity contribution is 6.01. The number of ether oxygens (including phenoxy) is 2. The van der Waals surface area contributed by atoms with Gasteiger partial charge in [0.15, 0.2) is 5.43 Å². The van der Waals surface area contributed by atoms with Gasteiger partial charge in [-0.15, -0.1) is 0 Å². The maximum atomic E-state index is 12.9. The monoisotopic (exact) mass is 411 g/mol. The van der Waals surface area contributed by atoms with Gasteiger partial charge in [-0.25, -0.2) is 9.59 Å². The molecule has 7 nitrogen and oxygen atoms in total. The van der Waals surface area contributed by atoms with Crippen LogP contribution in [0.15, 0.2) is 56.0 Å². The van der Waals surface area contributed by atoms with Crippen LogP contribution in [0.25, 0.3) is 11.0 Å². The zero-order valence-corrected chi connectivity index (χ0v) is 17.8. The topological polar surface area (TPSA) is 94.8 Å². The summed E-state index contributed by atoms with van der Waals surface area (Å²) in [5.74, 6) is -1.47. The van der Waals surface area contributed by atoms with E-state index in [1.165, 1.54) is 6.07 Å². The summed E-state index contributed by atoms with van der Waals surface area (Å²) >= 11 is 0. The Morgan fingerprint density at radius 1 is 1.00 bits per heavy atom. The number of dihydropyridines is 1. The van der Waals surface area contributed by atoms with E-state index in [1.54, 1.807) is 52.8 Å². The second kappa shape index (κ2) is 8.57. The molecule has 0 spiro atoms. The molecule has 1 aliphatic heterocycles. The van der Waals surface area contributed by atoms with Crippen molar-refractivity contribution < 1.29 is 23.5 Å². The largest absolute Gasteiger partial charge is 0.463 e. The highest BCUT2D eigenvalue weighted by atomic mass is 16.5. The number of aryl methyl sites for hydroxylation is 1. The fourth-order valence-electron chi connectivity index (χ4n) is 3.81. The van der Waals surface area contributed by atoms with Gasteiger partial charge in [0.25, 0.3) is 0 Å². The highest BCUT2D eigenvalue weighted by Gasteiger charge is 2.39. The lowest BCUT2D eigenvalue weighted by Crippen LogP contribution is -2.32. The molecule has 3 rings (SSSR count). The van der Waals surface area contributed by atoms with Crippen molar-refractivity contribution in [3.05, 3.63) is 68.4 Å². The van der Waals surface area contributed by atoms with Crippen LogP contribution in [0.4, 0.5) is 0 Å². The molecule has 30 heavy (non-hydrogen) atoms. The molecule has 2 heterocycles. The van der Waals surface area contributed by atoms with Crippen molar-refractivity contribution in [2.45, 2.75) is 40.5 Å². The van der Waals surface area contributed by atoms with E-state index in [2.05, 4.69) is 5.32 Å². The van der Waals surface area contributed by atoms with Crippen molar-refractivity contribution in [1.82, 2.24) is 5.32 Å². The summed E-state index contributed by atoms with van der Waals surface area (Å²) in [7, 11) is 0. The van der Waals surface area contributed by atoms with Crippen LogP contribution in [0.1, 0.15) is 44.9 Å². The van der Waals surface area contributed by atoms with Crippen LogP contribution in [-0.2, 0) is 19.1 Å². The third-order valence-corrected chi connectivity index (χ3v) is 4.97. The molecule has 1 aromatic carbocycles. The number of para-hydroxylation sites is 1. The van der Waals surface area contributed by atoms with E-state index in [0.29, 0.717) is 33.7 Å². The van der Waals surface area contributed by atoms with Crippen molar-refractivity contribution in [3.8, 4) is 0 Å². The first kappa shape index (κ1) is 21.4. The van der Waals surface area contributed by atoms with E-state index in [1.807, 2.05) is 0 Å². The zero-order valence-electron chi connectivity index (χ0n) is 17.8. The number of carbonyl (C=O) groups is 2. The molecule has 0 bridgehead atoms. The molecular weight excluding hydrogens is 386 g/mol. The predicted octanol–water partition coefficient (Wildman–Crippen LogP) is 3.46. The quantitative estimate of drug-likeness (QED) is 0.753. The van der Waals surface area contributed by atoms with E-state index in [0.717, 1.165) is 0 Å². The summed E-state index contributed by atoms with van der Waals surface area (Å²) in [6.07, 6.45) is 0. The van der Waals surface area contributed by atoms with Gasteiger partial charge in [0, 0.05) is 23.0 Å². The Hall–Kier alpha value is -3.35. The lowest BCUT2D eigenvalue weighted by Gasteiger charge is -2.30. The molecule has 0 aliphatic carbocycles. The van der Waals surface area contributed by atoms with Gasteiger partial charge in [-0.3, -0.25) is 4.79 Å². The summed E-state index contributed by atoms with van der Waals surface area (Å²) < 4.78 is 16.5. The van der Waals surface area contributed by atoms with Crippen LogP contribution in [0.3, 0.4) is 0 Å². The summed E-state index contributed by atoms with van der Waals surface area (Å²) in [4.78, 5) is 38.3. The number of allylic oxidation sites excluding steroid dienone is 2. The average Bonchev–Trinajstić information content (AvgIpc) is 2.67. The molecule has 0 fully saturated rings. The van der Waals surface area contributed by atoms with Gasteiger partial charge in [-0.2, -0.15) is 0 Å². The molecule has 2 aromatic rings. The first-order valence-corrected chi connectivity index (χ1v) is 9.86. The lowest BCUT2D eigenvalue weighted by molar-refractivity contribution is -0.139. The number of fused-ring (bicyclic) bond motifs is 1. The average molecular weight is 411 g/mol. The SMILES string of the molecule is CCOC(=O)C1=C(C)NC(C)=C(C(=O)OCC)C1c1cccc2c(=O)cc(C)oc12. The zero-order chi connectivity index (χ0) is 22.0. The van der Waals surface area contributed by atoms with Gasteiger partial charge >= 0.3 is 11.9 Å². The van der Waals surface area contributed by atoms with E-state index in [4.69, 9.17) is 13.9 Å².